The molecule has 2 N–H and O–H groups in total. The van der Waals surface area contributed by atoms with Crippen molar-refractivity contribution in [3.63, 3.8) is 0 Å². The molecular weight excluding hydrogens is 386 g/mol. The van der Waals surface area contributed by atoms with E-state index in [4.69, 9.17) is 9.52 Å². The molecular formula is C19H17NO5S2. The van der Waals surface area contributed by atoms with Crippen LogP contribution in [0, 0.1) is 0 Å². The molecule has 3 rings (SSSR count). The van der Waals surface area contributed by atoms with Crippen molar-refractivity contribution in [1.29, 1.82) is 0 Å². The topological polar surface area (TPSA) is 96.6 Å². The maximum Gasteiger partial charge on any atom is 0.313 e. The number of amides is 1. The van der Waals surface area contributed by atoms with Crippen LogP contribution in [0.25, 0.3) is 11.0 Å². The molecule has 0 bridgehead atoms. The number of hydrogen-bond donors (Lipinski definition) is 2. The minimum atomic E-state index is -0.974. The molecule has 1 amide bonds. The van der Waals surface area contributed by atoms with Crippen molar-refractivity contribution >= 4 is 56.7 Å². The number of carboxylic acid groups (broad SMARTS) is 1. The van der Waals surface area contributed by atoms with E-state index in [2.05, 4.69) is 5.32 Å². The first-order chi connectivity index (χ1) is 13.0. The van der Waals surface area contributed by atoms with Gasteiger partial charge in [0.1, 0.15) is 10.6 Å². The summed E-state index contributed by atoms with van der Waals surface area (Å²) in [7, 11) is 0. The lowest BCUT2D eigenvalue weighted by atomic mass is 10.1. The smallest absolute Gasteiger partial charge is 0.313 e. The zero-order valence-corrected chi connectivity index (χ0v) is 16.1. The molecule has 2 aromatic heterocycles. The number of rotatable bonds is 8. The number of nitrogens with one attached hydrogen (secondary N) is 1. The Morgan fingerprint density at radius 3 is 2.67 bits per heavy atom. The highest BCUT2D eigenvalue weighted by Crippen LogP contribution is 2.32. The summed E-state index contributed by atoms with van der Waals surface area (Å²) in [5.41, 5.74) is 1.01. The first-order valence-electron chi connectivity index (χ1n) is 8.23. The number of aliphatic carboxylic acids is 1. The Morgan fingerprint density at radius 2 is 1.96 bits per heavy atom. The van der Waals surface area contributed by atoms with E-state index >= 15 is 0 Å². The fraction of sp³-hybridized carbons (Fsp3) is 0.211. The SMILES string of the molecule is CCc1cc(C(=O)c2cc3ccccc3o2)c(NC(=O)CSCC(=O)O)s1. The van der Waals surface area contributed by atoms with Gasteiger partial charge in [-0.3, -0.25) is 14.4 Å². The van der Waals surface area contributed by atoms with Crippen LogP contribution in [0.5, 0.6) is 0 Å². The first-order valence-corrected chi connectivity index (χ1v) is 10.2. The van der Waals surface area contributed by atoms with E-state index in [0.29, 0.717) is 16.1 Å². The van der Waals surface area contributed by atoms with Crippen LogP contribution in [0.3, 0.4) is 0 Å². The molecule has 0 spiro atoms. The monoisotopic (exact) mass is 403 g/mol. The van der Waals surface area contributed by atoms with Crippen molar-refractivity contribution < 1.29 is 23.9 Å². The van der Waals surface area contributed by atoms with Crippen molar-refractivity contribution in [2.45, 2.75) is 13.3 Å². The summed E-state index contributed by atoms with van der Waals surface area (Å²) in [6.07, 6.45) is 0.731. The minimum Gasteiger partial charge on any atom is -0.481 e. The maximum absolute atomic E-state index is 12.9. The van der Waals surface area contributed by atoms with Gasteiger partial charge in [-0.05, 0) is 24.6 Å². The van der Waals surface area contributed by atoms with Crippen molar-refractivity contribution in [3.8, 4) is 0 Å². The zero-order valence-electron chi connectivity index (χ0n) is 14.5. The summed E-state index contributed by atoms with van der Waals surface area (Å²) in [5.74, 6) is -1.54. The largest absolute Gasteiger partial charge is 0.481 e. The number of anilines is 1. The van der Waals surface area contributed by atoms with Gasteiger partial charge >= 0.3 is 5.97 Å². The van der Waals surface area contributed by atoms with Crippen LogP contribution < -0.4 is 5.32 Å². The second kappa shape index (κ2) is 8.41. The number of hydrogen-bond acceptors (Lipinski definition) is 6. The lowest BCUT2D eigenvalue weighted by Gasteiger charge is -2.04. The highest BCUT2D eigenvalue weighted by molar-refractivity contribution is 8.00. The Morgan fingerprint density at radius 1 is 1.19 bits per heavy atom. The summed E-state index contributed by atoms with van der Waals surface area (Å²) in [5, 5.41) is 12.7. The molecule has 0 saturated heterocycles. The van der Waals surface area contributed by atoms with Crippen LogP contribution in [-0.4, -0.2) is 34.3 Å². The molecule has 0 atom stereocenters. The summed E-state index contributed by atoms with van der Waals surface area (Å²) < 4.78 is 5.65. The van der Waals surface area contributed by atoms with Crippen LogP contribution in [0.15, 0.2) is 40.8 Å². The van der Waals surface area contributed by atoms with Crippen LogP contribution in [-0.2, 0) is 16.0 Å². The summed E-state index contributed by atoms with van der Waals surface area (Å²) >= 11 is 2.34. The summed E-state index contributed by atoms with van der Waals surface area (Å²) in [6, 6.07) is 10.8. The fourth-order valence-electron chi connectivity index (χ4n) is 2.50. The Bertz CT molecular complexity index is 972. The van der Waals surface area contributed by atoms with Crippen LogP contribution in [0.4, 0.5) is 5.00 Å². The molecule has 8 heteroatoms. The molecule has 1 aromatic carbocycles. The molecule has 6 nitrogen and oxygen atoms in total. The van der Waals surface area contributed by atoms with Crippen molar-refractivity contribution in [3.05, 3.63) is 52.6 Å². The Kier molecular flexibility index (Phi) is 5.98. The molecule has 2 heterocycles. The highest BCUT2D eigenvalue weighted by Gasteiger charge is 2.22. The van der Waals surface area contributed by atoms with Gasteiger partial charge < -0.3 is 14.8 Å². The predicted octanol–water partition coefficient (Wildman–Crippen LogP) is 4.04. The average Bonchev–Trinajstić information content (AvgIpc) is 3.24. The molecule has 0 aliphatic carbocycles. The number of carbonyl (C=O) groups is 3. The van der Waals surface area contributed by atoms with Gasteiger partial charge in [-0.25, -0.2) is 0 Å². The molecule has 0 fully saturated rings. The first kappa shape index (κ1) is 19.2. The van der Waals surface area contributed by atoms with E-state index < -0.39 is 5.97 Å². The molecule has 0 radical (unpaired) electrons. The van der Waals surface area contributed by atoms with Crippen molar-refractivity contribution in [1.82, 2.24) is 0 Å². The van der Waals surface area contributed by atoms with Gasteiger partial charge in [0.05, 0.1) is 17.1 Å². The quantitative estimate of drug-likeness (QED) is 0.551. The predicted molar refractivity (Wildman–Crippen MR) is 107 cm³/mol. The number of aryl methyl sites for hydroxylation is 1. The third-order valence-electron chi connectivity index (χ3n) is 3.74. The maximum atomic E-state index is 12.9. The summed E-state index contributed by atoms with van der Waals surface area (Å²) in [6.45, 7) is 1.97. The number of benzene rings is 1. The van der Waals surface area contributed by atoms with Gasteiger partial charge in [-0.15, -0.1) is 23.1 Å². The second-order valence-corrected chi connectivity index (χ2v) is 7.84. The van der Waals surface area contributed by atoms with Gasteiger partial charge in [0.25, 0.3) is 0 Å². The molecule has 0 unspecified atom stereocenters. The lowest BCUT2D eigenvalue weighted by molar-refractivity contribution is -0.133. The van der Waals surface area contributed by atoms with Gasteiger partial charge in [0, 0.05) is 10.3 Å². The second-order valence-electron chi connectivity index (χ2n) is 5.72. The van der Waals surface area contributed by atoms with Gasteiger partial charge in [0.2, 0.25) is 11.7 Å². The molecule has 27 heavy (non-hydrogen) atoms. The minimum absolute atomic E-state index is 0.00390. The number of para-hydroxylation sites is 1. The van der Waals surface area contributed by atoms with E-state index in [0.717, 1.165) is 28.4 Å². The number of carbonyl (C=O) groups excluding carboxylic acids is 2. The van der Waals surface area contributed by atoms with Crippen LogP contribution in [0.1, 0.15) is 27.9 Å². The number of fused-ring (bicyclic) bond motifs is 1. The number of ketones is 1. The molecule has 140 valence electrons. The lowest BCUT2D eigenvalue weighted by Crippen LogP contribution is -2.16. The normalized spacial score (nSPS) is 10.9. The van der Waals surface area contributed by atoms with Crippen LogP contribution in [0.2, 0.25) is 0 Å². The van der Waals surface area contributed by atoms with E-state index in [1.54, 1.807) is 18.2 Å². The van der Waals surface area contributed by atoms with E-state index in [9.17, 15) is 14.4 Å². The van der Waals surface area contributed by atoms with Gasteiger partial charge in [-0.2, -0.15) is 0 Å². The highest BCUT2D eigenvalue weighted by atomic mass is 32.2. The fourth-order valence-corrected chi connectivity index (χ4v) is 4.04. The van der Waals surface area contributed by atoms with E-state index in [-0.39, 0.29) is 29.0 Å². The van der Waals surface area contributed by atoms with Crippen molar-refractivity contribution in [2.75, 3.05) is 16.8 Å². The number of carboxylic acids is 1. The molecule has 0 aliphatic heterocycles. The van der Waals surface area contributed by atoms with E-state index in [1.165, 1.54) is 11.3 Å². The Labute approximate surface area is 163 Å². The molecule has 0 saturated carbocycles. The van der Waals surface area contributed by atoms with Crippen LogP contribution >= 0.6 is 23.1 Å². The van der Waals surface area contributed by atoms with Gasteiger partial charge in [0.15, 0.2) is 5.76 Å². The van der Waals surface area contributed by atoms with Crippen molar-refractivity contribution in [2.24, 2.45) is 0 Å². The Balaban J connectivity index is 1.82. The number of thiophene rings is 1. The molecule has 0 aliphatic rings. The number of thioether (sulfide) groups is 1. The third-order valence-corrected chi connectivity index (χ3v) is 5.85. The standard InChI is InChI=1S/C19H17NO5S2/c1-2-12-8-13(19(27-12)20-16(21)9-26-10-17(22)23)18(24)15-7-11-5-3-4-6-14(11)25-15/h3-8H,2,9-10H2,1H3,(H,20,21)(H,22,23). The average molecular weight is 403 g/mol. The Hall–Kier alpha value is -2.58. The van der Waals surface area contributed by atoms with Gasteiger partial charge in [-0.1, -0.05) is 25.1 Å². The zero-order chi connectivity index (χ0) is 19.4. The summed E-state index contributed by atoms with van der Waals surface area (Å²) in [4.78, 5) is 36.5. The van der Waals surface area contributed by atoms with E-state index in [1.807, 2.05) is 25.1 Å². The third kappa shape index (κ3) is 4.58. The molecule has 3 aromatic rings. The number of furan rings is 1.